The minimum atomic E-state index is 0.586. The molecule has 0 aliphatic rings. The third-order valence-electron chi connectivity index (χ3n) is 10.2. The Labute approximate surface area is 280 Å². The van der Waals surface area contributed by atoms with Crippen molar-refractivity contribution in [2.45, 2.75) is 0 Å². The molecule has 0 atom stereocenters. The Bertz CT molecular complexity index is 3080. The predicted octanol–water partition coefficient (Wildman–Crippen LogP) is 11.5. The van der Waals surface area contributed by atoms with E-state index in [4.69, 9.17) is 15.0 Å². The molecule has 0 spiro atoms. The average Bonchev–Trinajstić information content (AvgIpc) is 3.56. The van der Waals surface area contributed by atoms with Crippen molar-refractivity contribution >= 4 is 75.7 Å². The molecule has 11 rings (SSSR count). The highest BCUT2D eigenvalue weighted by Crippen LogP contribution is 2.44. The molecular weight excluding hydrogens is 597 g/mol. The Hall–Kier alpha value is -6.65. The third kappa shape index (κ3) is 3.77. The van der Waals surface area contributed by atoms with Crippen molar-refractivity contribution in [2.75, 3.05) is 0 Å². The Morgan fingerprint density at radius 3 is 1.61 bits per heavy atom. The van der Waals surface area contributed by atoms with Crippen LogP contribution in [0.3, 0.4) is 0 Å². The molecular formula is C45H26N4. The molecule has 226 valence electrons. The molecule has 9 aromatic carbocycles. The standard InChI is InChI=1S/C45H26N4/c1-2-12-33(13-3-1)49-39-18-5-4-17-38(39)48-45(49)44-46-25-32(26-47-44)31-23-30-22-21-29-10-7-15-35-34-14-6-9-27-19-20-28-11-8-16-36(42(28)40(27)34)37(24-31)43(30)41(29)35/h1-26H. The van der Waals surface area contributed by atoms with Crippen LogP contribution in [0.15, 0.2) is 158 Å². The maximum Gasteiger partial charge on any atom is 0.196 e. The van der Waals surface area contributed by atoms with Crippen molar-refractivity contribution in [1.82, 2.24) is 19.5 Å². The summed E-state index contributed by atoms with van der Waals surface area (Å²) >= 11 is 0. The fourth-order valence-corrected chi connectivity index (χ4v) is 8.06. The van der Waals surface area contributed by atoms with Gasteiger partial charge in [0.2, 0.25) is 0 Å². The molecule has 4 heteroatoms. The number of imidazole rings is 1. The summed E-state index contributed by atoms with van der Waals surface area (Å²) in [5, 5.41) is 15.2. The highest BCUT2D eigenvalue weighted by atomic mass is 15.1. The van der Waals surface area contributed by atoms with Gasteiger partial charge in [0.05, 0.1) is 11.0 Å². The van der Waals surface area contributed by atoms with E-state index >= 15 is 0 Å². The van der Waals surface area contributed by atoms with Gasteiger partial charge in [-0.05, 0) is 107 Å². The molecule has 2 heterocycles. The lowest BCUT2D eigenvalue weighted by Gasteiger charge is -2.17. The van der Waals surface area contributed by atoms with E-state index in [0.29, 0.717) is 5.82 Å². The Balaban J connectivity index is 1.19. The summed E-state index contributed by atoms with van der Waals surface area (Å²) < 4.78 is 2.14. The summed E-state index contributed by atoms with van der Waals surface area (Å²) in [5.74, 6) is 1.31. The van der Waals surface area contributed by atoms with E-state index in [1.54, 1.807) is 0 Å². The van der Waals surface area contributed by atoms with Gasteiger partial charge in [-0.2, -0.15) is 0 Å². The third-order valence-corrected chi connectivity index (χ3v) is 10.2. The van der Waals surface area contributed by atoms with Gasteiger partial charge >= 0.3 is 0 Å². The van der Waals surface area contributed by atoms with Gasteiger partial charge in [-0.15, -0.1) is 0 Å². The Morgan fingerprint density at radius 1 is 0.408 bits per heavy atom. The van der Waals surface area contributed by atoms with Gasteiger partial charge in [0.1, 0.15) is 0 Å². The highest BCUT2D eigenvalue weighted by molar-refractivity contribution is 6.37. The molecule has 11 aromatic rings. The fourth-order valence-electron chi connectivity index (χ4n) is 8.06. The molecule has 0 radical (unpaired) electrons. The molecule has 0 saturated carbocycles. The number of fused-ring (bicyclic) bond motifs is 3. The minimum Gasteiger partial charge on any atom is -0.290 e. The second-order valence-electron chi connectivity index (χ2n) is 12.9. The van der Waals surface area contributed by atoms with Crippen molar-refractivity contribution < 1.29 is 0 Å². The van der Waals surface area contributed by atoms with E-state index < -0.39 is 0 Å². The lowest BCUT2D eigenvalue weighted by atomic mass is 9.87. The molecule has 49 heavy (non-hydrogen) atoms. The number of para-hydroxylation sites is 3. The number of hydrogen-bond acceptors (Lipinski definition) is 3. The molecule has 0 saturated heterocycles. The van der Waals surface area contributed by atoms with Gasteiger partial charge < -0.3 is 0 Å². The van der Waals surface area contributed by atoms with Gasteiger partial charge in [0, 0.05) is 23.6 Å². The van der Waals surface area contributed by atoms with Crippen molar-refractivity contribution in [1.29, 1.82) is 0 Å². The van der Waals surface area contributed by atoms with Crippen LogP contribution in [0.1, 0.15) is 0 Å². The topological polar surface area (TPSA) is 43.6 Å². The average molecular weight is 623 g/mol. The van der Waals surface area contributed by atoms with Gasteiger partial charge in [0.25, 0.3) is 0 Å². The van der Waals surface area contributed by atoms with Crippen LogP contribution in [-0.4, -0.2) is 19.5 Å². The highest BCUT2D eigenvalue weighted by Gasteiger charge is 2.19. The van der Waals surface area contributed by atoms with Crippen molar-refractivity contribution in [3.8, 4) is 28.5 Å². The van der Waals surface area contributed by atoms with Gasteiger partial charge in [-0.3, -0.25) is 4.57 Å². The Kier molecular flexibility index (Phi) is 5.35. The normalized spacial score (nSPS) is 12.1. The lowest BCUT2D eigenvalue weighted by molar-refractivity contribution is 1.04. The molecule has 0 N–H and O–H groups in total. The summed E-state index contributed by atoms with van der Waals surface area (Å²) in [5.41, 5.74) is 5.00. The number of nitrogens with zero attached hydrogens (tertiary/aromatic N) is 4. The smallest absolute Gasteiger partial charge is 0.196 e. The predicted molar refractivity (Wildman–Crippen MR) is 204 cm³/mol. The van der Waals surface area contributed by atoms with Crippen LogP contribution in [0.5, 0.6) is 0 Å². The lowest BCUT2D eigenvalue weighted by Crippen LogP contribution is -2.00. The van der Waals surface area contributed by atoms with Crippen LogP contribution in [0, 0.1) is 0 Å². The zero-order chi connectivity index (χ0) is 32.1. The molecule has 0 unspecified atom stereocenters. The van der Waals surface area contributed by atoms with Crippen LogP contribution < -0.4 is 0 Å². The number of hydrogen-bond donors (Lipinski definition) is 0. The maximum atomic E-state index is 4.98. The van der Waals surface area contributed by atoms with E-state index in [0.717, 1.165) is 33.7 Å². The van der Waals surface area contributed by atoms with E-state index in [-0.39, 0.29) is 0 Å². The SMILES string of the molecule is c1ccc(-n2c(-c3ncc(-c4cc5ccc6cccc7c8cccc9ccc%10cccc(c(c4)c5c67)c%10c98)cn3)nc3ccccc32)cc1. The quantitative estimate of drug-likeness (QED) is 0.184. The van der Waals surface area contributed by atoms with Crippen molar-refractivity contribution in [2.24, 2.45) is 0 Å². The van der Waals surface area contributed by atoms with Crippen LogP contribution in [0.25, 0.3) is 104 Å². The first-order valence-corrected chi connectivity index (χ1v) is 16.6. The van der Waals surface area contributed by atoms with E-state index in [1.165, 1.54) is 64.6 Å². The summed E-state index contributed by atoms with van der Waals surface area (Å²) in [7, 11) is 0. The van der Waals surface area contributed by atoms with Crippen LogP contribution >= 0.6 is 0 Å². The number of aromatic nitrogens is 4. The summed E-state index contributed by atoms with van der Waals surface area (Å²) in [6.45, 7) is 0. The molecule has 0 aliphatic heterocycles. The monoisotopic (exact) mass is 622 g/mol. The molecule has 2 aromatic heterocycles. The second-order valence-corrected chi connectivity index (χ2v) is 12.9. The van der Waals surface area contributed by atoms with Gasteiger partial charge in [-0.25, -0.2) is 15.0 Å². The van der Waals surface area contributed by atoms with E-state index in [1.807, 2.05) is 48.8 Å². The van der Waals surface area contributed by atoms with E-state index in [2.05, 4.69) is 114 Å². The minimum absolute atomic E-state index is 0.586. The number of rotatable bonds is 3. The molecule has 4 nitrogen and oxygen atoms in total. The zero-order valence-corrected chi connectivity index (χ0v) is 26.3. The van der Waals surface area contributed by atoms with Crippen molar-refractivity contribution in [3.05, 3.63) is 158 Å². The molecule has 0 amide bonds. The first-order chi connectivity index (χ1) is 24.3. The zero-order valence-electron chi connectivity index (χ0n) is 26.3. The molecule has 0 bridgehead atoms. The molecule has 0 fully saturated rings. The summed E-state index contributed by atoms with van der Waals surface area (Å²) in [4.78, 5) is 14.9. The van der Waals surface area contributed by atoms with Gasteiger partial charge in [-0.1, -0.05) is 109 Å². The maximum absolute atomic E-state index is 4.98. The van der Waals surface area contributed by atoms with Crippen LogP contribution in [0.4, 0.5) is 0 Å². The largest absolute Gasteiger partial charge is 0.290 e. The Morgan fingerprint density at radius 2 is 0.959 bits per heavy atom. The van der Waals surface area contributed by atoms with Crippen LogP contribution in [0.2, 0.25) is 0 Å². The first kappa shape index (κ1) is 26.4. The number of benzene rings is 8. The fraction of sp³-hybridized carbons (Fsp3) is 0. The van der Waals surface area contributed by atoms with Crippen LogP contribution in [-0.2, 0) is 0 Å². The van der Waals surface area contributed by atoms with Gasteiger partial charge in [0.15, 0.2) is 11.6 Å². The second kappa shape index (κ2) is 9.93. The summed E-state index contributed by atoms with van der Waals surface area (Å²) in [6.07, 6.45) is 3.88. The molecule has 0 aliphatic carbocycles. The van der Waals surface area contributed by atoms with E-state index in [9.17, 15) is 0 Å². The first-order valence-electron chi connectivity index (χ1n) is 16.6. The summed E-state index contributed by atoms with van der Waals surface area (Å²) in [6, 6.07) is 52.3. The van der Waals surface area contributed by atoms with Crippen molar-refractivity contribution in [3.63, 3.8) is 0 Å².